The Morgan fingerprint density at radius 2 is 1.67 bits per heavy atom. The highest BCUT2D eigenvalue weighted by Crippen LogP contribution is 2.21. The lowest BCUT2D eigenvalue weighted by Gasteiger charge is -2.27. The lowest BCUT2D eigenvalue weighted by Crippen LogP contribution is -2.52. The third kappa shape index (κ3) is 7.23. The van der Waals surface area contributed by atoms with E-state index in [2.05, 4.69) is 10.6 Å². The molecule has 36 heavy (non-hydrogen) atoms. The Hall–Kier alpha value is -4.54. The van der Waals surface area contributed by atoms with E-state index in [4.69, 9.17) is 9.84 Å². The van der Waals surface area contributed by atoms with Gasteiger partial charge in [0.1, 0.15) is 24.6 Å². The Balaban J connectivity index is 2.23. The largest absolute Gasteiger partial charge is 0.496 e. The van der Waals surface area contributed by atoms with E-state index >= 15 is 0 Å². The van der Waals surface area contributed by atoms with Crippen LogP contribution in [-0.4, -0.2) is 66.6 Å². The van der Waals surface area contributed by atoms with Crippen molar-refractivity contribution in [2.45, 2.75) is 32.4 Å². The molecule has 0 fully saturated rings. The number of rotatable bonds is 12. The second-order valence-corrected chi connectivity index (χ2v) is 7.84. The van der Waals surface area contributed by atoms with E-state index in [9.17, 15) is 28.8 Å². The fraction of sp³-hybridized carbons (Fsp3) is 0.280. The number of carboxylic acids is 1. The number of amides is 3. The minimum absolute atomic E-state index is 0.0191. The Bertz CT molecular complexity index is 1160. The fourth-order valence-corrected chi connectivity index (χ4v) is 3.38. The summed E-state index contributed by atoms with van der Waals surface area (Å²) < 4.78 is 5.10. The normalized spacial score (nSPS) is 12.0. The van der Waals surface area contributed by atoms with Crippen LogP contribution in [0.15, 0.2) is 48.5 Å². The number of benzene rings is 2. The lowest BCUT2D eigenvalue weighted by atomic mass is 10.1. The topological polar surface area (TPSA) is 159 Å². The zero-order valence-electron chi connectivity index (χ0n) is 20.0. The third-order valence-electron chi connectivity index (χ3n) is 5.16. The van der Waals surface area contributed by atoms with E-state index in [0.29, 0.717) is 11.3 Å². The predicted molar refractivity (Wildman–Crippen MR) is 129 cm³/mol. The summed E-state index contributed by atoms with van der Waals surface area (Å²) in [5, 5.41) is 13.5. The summed E-state index contributed by atoms with van der Waals surface area (Å²) in [6, 6.07) is 10.3. The van der Waals surface area contributed by atoms with E-state index in [-0.39, 0.29) is 17.6 Å². The number of para-hydroxylation sites is 2. The zero-order valence-corrected chi connectivity index (χ0v) is 20.0. The number of carboxylic acid groups (broad SMARTS) is 1. The Morgan fingerprint density at radius 1 is 1.03 bits per heavy atom. The van der Waals surface area contributed by atoms with Crippen LogP contribution in [-0.2, 0) is 24.0 Å². The highest BCUT2D eigenvalue weighted by molar-refractivity contribution is 6.43. The van der Waals surface area contributed by atoms with Gasteiger partial charge in [-0.1, -0.05) is 30.3 Å². The van der Waals surface area contributed by atoms with Gasteiger partial charge in [0.15, 0.2) is 0 Å². The van der Waals surface area contributed by atoms with Gasteiger partial charge >= 0.3 is 5.97 Å². The molecule has 0 aromatic heterocycles. The standard InChI is InChI=1S/C25H27N3O8/c1-15-8-4-6-10-19(15)28(13-21(30)27-17(14-29)12-22(31)32)25(35)16(2)26-24(34)23(33)18-9-5-7-11-20(18)36-3/h4-11,14,16-17H,12-13H2,1-3H3,(H,26,34)(H,27,30)(H,31,32). The number of ether oxygens (including phenoxy) is 1. The summed E-state index contributed by atoms with van der Waals surface area (Å²) in [7, 11) is 1.35. The number of aldehydes is 1. The maximum absolute atomic E-state index is 13.3. The molecule has 0 saturated heterocycles. The number of methoxy groups -OCH3 is 1. The van der Waals surface area contributed by atoms with E-state index in [1.165, 1.54) is 26.2 Å². The van der Waals surface area contributed by atoms with Crippen LogP contribution in [0.2, 0.25) is 0 Å². The average molecular weight is 498 g/mol. The molecule has 0 bridgehead atoms. The SMILES string of the molecule is COc1ccccc1C(=O)C(=O)NC(C)C(=O)N(CC(=O)NC(C=O)CC(=O)O)c1ccccc1C. The van der Waals surface area contributed by atoms with Crippen LogP contribution >= 0.6 is 0 Å². The maximum atomic E-state index is 13.3. The molecule has 0 radical (unpaired) electrons. The van der Waals surface area contributed by atoms with Crippen LogP contribution in [0.25, 0.3) is 0 Å². The molecule has 2 atom stereocenters. The highest BCUT2D eigenvalue weighted by atomic mass is 16.5. The minimum Gasteiger partial charge on any atom is -0.496 e. The molecular formula is C25H27N3O8. The average Bonchev–Trinajstić information content (AvgIpc) is 2.86. The number of carbonyl (C=O) groups excluding carboxylic acids is 5. The van der Waals surface area contributed by atoms with Gasteiger partial charge in [-0.3, -0.25) is 24.0 Å². The molecule has 2 unspecified atom stereocenters. The molecule has 3 amide bonds. The zero-order chi connectivity index (χ0) is 26.8. The highest BCUT2D eigenvalue weighted by Gasteiger charge is 2.29. The van der Waals surface area contributed by atoms with Crippen molar-refractivity contribution in [3.8, 4) is 5.75 Å². The molecule has 2 aromatic rings. The number of nitrogens with one attached hydrogen (secondary N) is 2. The second kappa shape index (κ2) is 12.8. The summed E-state index contributed by atoms with van der Waals surface area (Å²) in [5.41, 5.74) is 1.01. The molecule has 2 rings (SSSR count). The van der Waals surface area contributed by atoms with Crippen molar-refractivity contribution in [1.82, 2.24) is 10.6 Å². The summed E-state index contributed by atoms with van der Waals surface area (Å²) in [6.07, 6.45) is -0.330. The molecule has 190 valence electrons. The van der Waals surface area contributed by atoms with Crippen LogP contribution in [0.4, 0.5) is 5.69 Å². The quantitative estimate of drug-likeness (QED) is 0.221. The van der Waals surface area contributed by atoms with Crippen molar-refractivity contribution in [2.75, 3.05) is 18.6 Å². The first-order valence-electron chi connectivity index (χ1n) is 10.9. The van der Waals surface area contributed by atoms with Gasteiger partial charge in [-0.2, -0.15) is 0 Å². The van der Waals surface area contributed by atoms with Gasteiger partial charge in [0, 0.05) is 5.69 Å². The number of nitrogens with zero attached hydrogens (tertiary/aromatic N) is 1. The number of hydrogen-bond acceptors (Lipinski definition) is 7. The predicted octanol–water partition coefficient (Wildman–Crippen LogP) is 0.883. The van der Waals surface area contributed by atoms with Crippen molar-refractivity contribution in [2.24, 2.45) is 0 Å². The van der Waals surface area contributed by atoms with Crippen LogP contribution in [0.5, 0.6) is 5.75 Å². The first-order chi connectivity index (χ1) is 17.1. The minimum atomic E-state index is -1.28. The summed E-state index contributed by atoms with van der Waals surface area (Å²) in [4.78, 5) is 74.2. The molecule has 0 aliphatic carbocycles. The van der Waals surface area contributed by atoms with Gasteiger partial charge in [0.05, 0.1) is 25.1 Å². The molecule has 0 heterocycles. The molecule has 0 aliphatic rings. The van der Waals surface area contributed by atoms with Crippen molar-refractivity contribution < 1.29 is 38.6 Å². The van der Waals surface area contributed by atoms with Crippen LogP contribution in [0.1, 0.15) is 29.3 Å². The van der Waals surface area contributed by atoms with Gasteiger partial charge in [0.2, 0.25) is 11.8 Å². The number of Topliss-reactive ketones (excluding diaryl/α,β-unsaturated/α-hetero) is 1. The molecule has 11 nitrogen and oxygen atoms in total. The Morgan fingerprint density at radius 3 is 2.28 bits per heavy atom. The number of anilines is 1. The Kier molecular flexibility index (Phi) is 9.84. The van der Waals surface area contributed by atoms with E-state index in [0.717, 1.165) is 4.90 Å². The van der Waals surface area contributed by atoms with Crippen LogP contribution in [0, 0.1) is 6.92 Å². The van der Waals surface area contributed by atoms with E-state index < -0.39 is 54.5 Å². The van der Waals surface area contributed by atoms with E-state index in [1.54, 1.807) is 43.3 Å². The number of carbonyl (C=O) groups is 6. The summed E-state index contributed by atoms with van der Waals surface area (Å²) >= 11 is 0. The molecule has 0 saturated carbocycles. The first-order valence-corrected chi connectivity index (χ1v) is 10.9. The second-order valence-electron chi connectivity index (χ2n) is 7.84. The molecule has 0 aliphatic heterocycles. The maximum Gasteiger partial charge on any atom is 0.305 e. The summed E-state index contributed by atoms with van der Waals surface area (Å²) in [6.45, 7) is 2.51. The van der Waals surface area contributed by atoms with Gasteiger partial charge in [-0.05, 0) is 37.6 Å². The Labute approximate surface area is 207 Å². The number of ketones is 1. The molecule has 0 spiro atoms. The number of hydrogen-bond donors (Lipinski definition) is 3. The molecule has 11 heteroatoms. The van der Waals surface area contributed by atoms with Crippen molar-refractivity contribution >= 4 is 41.4 Å². The summed E-state index contributed by atoms with van der Waals surface area (Å²) in [5.74, 6) is -4.53. The van der Waals surface area contributed by atoms with Crippen LogP contribution in [0.3, 0.4) is 0 Å². The van der Waals surface area contributed by atoms with Gasteiger partial charge < -0.3 is 30.2 Å². The van der Waals surface area contributed by atoms with Crippen LogP contribution < -0.4 is 20.3 Å². The third-order valence-corrected chi connectivity index (χ3v) is 5.16. The van der Waals surface area contributed by atoms with Crippen molar-refractivity contribution in [3.63, 3.8) is 0 Å². The molecular weight excluding hydrogens is 470 g/mol. The van der Waals surface area contributed by atoms with Crippen molar-refractivity contribution in [1.29, 1.82) is 0 Å². The smallest absolute Gasteiger partial charge is 0.305 e. The van der Waals surface area contributed by atoms with Gasteiger partial charge in [-0.15, -0.1) is 0 Å². The molecule has 3 N–H and O–H groups in total. The van der Waals surface area contributed by atoms with Crippen molar-refractivity contribution in [3.05, 3.63) is 59.7 Å². The number of aryl methyl sites for hydroxylation is 1. The first kappa shape index (κ1) is 27.7. The number of aliphatic carboxylic acids is 1. The molecule has 2 aromatic carbocycles. The lowest BCUT2D eigenvalue weighted by molar-refractivity contribution is -0.138. The van der Waals surface area contributed by atoms with E-state index in [1.807, 2.05) is 0 Å². The fourth-order valence-electron chi connectivity index (χ4n) is 3.38. The van der Waals surface area contributed by atoms with Gasteiger partial charge in [-0.25, -0.2) is 0 Å². The van der Waals surface area contributed by atoms with Gasteiger partial charge in [0.25, 0.3) is 11.7 Å². The monoisotopic (exact) mass is 497 g/mol.